The molecule has 1 atom stereocenters. The molecule has 1 aromatic rings. The van der Waals surface area contributed by atoms with E-state index in [0.717, 1.165) is 6.07 Å². The van der Waals surface area contributed by atoms with Crippen LogP contribution in [0.1, 0.15) is 30.1 Å². The number of aromatic hydroxyl groups is 2. The Morgan fingerprint density at radius 1 is 1.32 bits per heavy atom. The van der Waals surface area contributed by atoms with Gasteiger partial charge in [-0.1, -0.05) is 13.3 Å². The second-order valence-corrected chi connectivity index (χ2v) is 4.28. The summed E-state index contributed by atoms with van der Waals surface area (Å²) >= 11 is 0. The summed E-state index contributed by atoms with van der Waals surface area (Å²) in [6, 6.07) is 3.67. The molecular weight excluding hydrogens is 250 g/mol. The first kappa shape index (κ1) is 14.8. The molecule has 19 heavy (non-hydrogen) atoms. The van der Waals surface area contributed by atoms with Crippen LogP contribution in [0.15, 0.2) is 18.2 Å². The molecule has 0 aliphatic heterocycles. The third kappa shape index (κ3) is 4.50. The fourth-order valence-electron chi connectivity index (χ4n) is 1.65. The van der Waals surface area contributed by atoms with Crippen molar-refractivity contribution in [3.8, 4) is 11.5 Å². The van der Waals surface area contributed by atoms with Crippen LogP contribution in [0.2, 0.25) is 0 Å². The van der Waals surface area contributed by atoms with Gasteiger partial charge < -0.3 is 20.6 Å². The summed E-state index contributed by atoms with van der Waals surface area (Å²) in [7, 11) is 0. The summed E-state index contributed by atoms with van der Waals surface area (Å²) in [6.45, 7) is 2.07. The number of amides is 1. The van der Waals surface area contributed by atoms with Crippen LogP contribution in [-0.4, -0.2) is 33.7 Å². The molecule has 0 bridgehead atoms. The van der Waals surface area contributed by atoms with Gasteiger partial charge in [0.15, 0.2) is 0 Å². The third-order valence-corrected chi connectivity index (χ3v) is 2.82. The molecule has 104 valence electrons. The van der Waals surface area contributed by atoms with Crippen molar-refractivity contribution in [2.45, 2.75) is 19.8 Å². The normalized spacial score (nSPS) is 11.8. The van der Waals surface area contributed by atoms with Crippen LogP contribution in [-0.2, 0) is 4.79 Å². The zero-order chi connectivity index (χ0) is 14.4. The van der Waals surface area contributed by atoms with E-state index >= 15 is 0 Å². The summed E-state index contributed by atoms with van der Waals surface area (Å²) in [5, 5.41) is 29.9. The highest BCUT2D eigenvalue weighted by Gasteiger charge is 2.15. The molecule has 0 aliphatic carbocycles. The van der Waals surface area contributed by atoms with Gasteiger partial charge in [-0.05, 0) is 18.1 Å². The molecule has 6 heteroatoms. The van der Waals surface area contributed by atoms with E-state index in [4.69, 9.17) is 10.2 Å². The number of carbonyl (C=O) groups excluding carboxylic acids is 1. The summed E-state index contributed by atoms with van der Waals surface area (Å²) in [5.74, 6) is -2.01. The monoisotopic (exact) mass is 267 g/mol. The number of benzene rings is 1. The Hall–Kier alpha value is -2.24. The number of phenols is 2. The Balaban J connectivity index is 2.61. The van der Waals surface area contributed by atoms with Gasteiger partial charge in [0.2, 0.25) is 0 Å². The summed E-state index contributed by atoms with van der Waals surface area (Å²) in [6.07, 6.45) is 0.618. The fourth-order valence-corrected chi connectivity index (χ4v) is 1.65. The third-order valence-electron chi connectivity index (χ3n) is 2.82. The quantitative estimate of drug-likeness (QED) is 0.622. The maximum Gasteiger partial charge on any atom is 0.303 e. The average molecular weight is 267 g/mol. The summed E-state index contributed by atoms with van der Waals surface area (Å²) in [5.41, 5.74) is 0.0444. The van der Waals surface area contributed by atoms with E-state index in [2.05, 4.69) is 5.32 Å². The second kappa shape index (κ2) is 6.63. The van der Waals surface area contributed by atoms with Gasteiger partial charge in [-0.3, -0.25) is 9.59 Å². The Labute approximate surface area is 110 Å². The van der Waals surface area contributed by atoms with Crippen molar-refractivity contribution in [1.82, 2.24) is 5.32 Å². The Morgan fingerprint density at radius 2 is 2.00 bits per heavy atom. The van der Waals surface area contributed by atoms with Gasteiger partial charge in [0, 0.05) is 19.0 Å². The van der Waals surface area contributed by atoms with Gasteiger partial charge in [-0.25, -0.2) is 0 Å². The van der Waals surface area contributed by atoms with Crippen LogP contribution in [0.3, 0.4) is 0 Å². The fraction of sp³-hybridized carbons (Fsp3) is 0.385. The predicted octanol–water partition coefficient (Wildman–Crippen LogP) is 1.33. The Bertz CT molecular complexity index is 472. The van der Waals surface area contributed by atoms with Crippen LogP contribution >= 0.6 is 0 Å². The molecule has 0 fully saturated rings. The lowest BCUT2D eigenvalue weighted by Gasteiger charge is -2.13. The molecule has 0 aromatic heterocycles. The lowest BCUT2D eigenvalue weighted by atomic mass is 10.0. The smallest absolute Gasteiger partial charge is 0.303 e. The molecule has 1 aromatic carbocycles. The second-order valence-electron chi connectivity index (χ2n) is 4.28. The number of carboxylic acids is 1. The van der Waals surface area contributed by atoms with Crippen LogP contribution < -0.4 is 5.32 Å². The van der Waals surface area contributed by atoms with Gasteiger partial charge in [0.05, 0.1) is 5.56 Å². The standard InChI is InChI=1S/C13H17NO5/c1-2-8(5-12(17)18)7-14-13(19)10-4-3-9(15)6-11(10)16/h3-4,6,8,15-16H,2,5,7H2,1H3,(H,14,19)(H,17,18). The predicted molar refractivity (Wildman–Crippen MR) is 68.1 cm³/mol. The maximum absolute atomic E-state index is 11.8. The first-order valence-electron chi connectivity index (χ1n) is 5.96. The zero-order valence-electron chi connectivity index (χ0n) is 10.6. The molecule has 0 spiro atoms. The van der Waals surface area contributed by atoms with E-state index in [-0.39, 0.29) is 35.9 Å². The molecule has 0 saturated carbocycles. The summed E-state index contributed by atoms with van der Waals surface area (Å²) in [4.78, 5) is 22.4. The van der Waals surface area contributed by atoms with Crippen molar-refractivity contribution in [2.24, 2.45) is 5.92 Å². The van der Waals surface area contributed by atoms with Crippen molar-refractivity contribution < 1.29 is 24.9 Å². The lowest BCUT2D eigenvalue weighted by molar-refractivity contribution is -0.138. The Kier molecular flexibility index (Phi) is 5.17. The van der Waals surface area contributed by atoms with E-state index in [1.54, 1.807) is 0 Å². The van der Waals surface area contributed by atoms with Crippen LogP contribution in [0.5, 0.6) is 11.5 Å². The molecule has 0 saturated heterocycles. The SMILES string of the molecule is CCC(CNC(=O)c1ccc(O)cc1O)CC(=O)O. The molecule has 0 aliphatic rings. The molecule has 6 nitrogen and oxygen atoms in total. The van der Waals surface area contributed by atoms with E-state index in [1.165, 1.54) is 12.1 Å². The lowest BCUT2D eigenvalue weighted by Crippen LogP contribution is -2.30. The number of nitrogens with one attached hydrogen (secondary N) is 1. The van der Waals surface area contributed by atoms with Crippen LogP contribution in [0.4, 0.5) is 0 Å². The summed E-state index contributed by atoms with van der Waals surface area (Å²) < 4.78 is 0. The van der Waals surface area contributed by atoms with Gasteiger partial charge >= 0.3 is 5.97 Å². The van der Waals surface area contributed by atoms with Crippen molar-refractivity contribution >= 4 is 11.9 Å². The molecule has 1 amide bonds. The van der Waals surface area contributed by atoms with Crippen LogP contribution in [0.25, 0.3) is 0 Å². The topological polar surface area (TPSA) is 107 Å². The minimum atomic E-state index is -0.909. The highest BCUT2D eigenvalue weighted by molar-refractivity contribution is 5.97. The Morgan fingerprint density at radius 3 is 2.53 bits per heavy atom. The average Bonchev–Trinajstić information content (AvgIpc) is 2.33. The van der Waals surface area contributed by atoms with E-state index in [9.17, 15) is 14.7 Å². The number of phenolic OH excluding ortho intramolecular Hbond substituents is 2. The van der Waals surface area contributed by atoms with E-state index < -0.39 is 11.9 Å². The minimum Gasteiger partial charge on any atom is -0.508 e. The van der Waals surface area contributed by atoms with Gasteiger partial charge in [-0.15, -0.1) is 0 Å². The number of aliphatic carboxylic acids is 1. The highest BCUT2D eigenvalue weighted by atomic mass is 16.4. The van der Waals surface area contributed by atoms with Gasteiger partial charge in [-0.2, -0.15) is 0 Å². The van der Waals surface area contributed by atoms with Crippen molar-refractivity contribution in [2.75, 3.05) is 6.54 Å². The number of carbonyl (C=O) groups is 2. The first-order chi connectivity index (χ1) is 8.93. The molecule has 1 rings (SSSR count). The minimum absolute atomic E-state index is 0.0155. The van der Waals surface area contributed by atoms with Crippen molar-refractivity contribution in [1.29, 1.82) is 0 Å². The van der Waals surface area contributed by atoms with Crippen molar-refractivity contribution in [3.63, 3.8) is 0 Å². The van der Waals surface area contributed by atoms with Gasteiger partial charge in [0.25, 0.3) is 5.91 Å². The van der Waals surface area contributed by atoms with Gasteiger partial charge in [0.1, 0.15) is 11.5 Å². The zero-order valence-corrected chi connectivity index (χ0v) is 10.6. The first-order valence-corrected chi connectivity index (χ1v) is 5.96. The highest BCUT2D eigenvalue weighted by Crippen LogP contribution is 2.22. The molecule has 0 heterocycles. The number of hydrogen-bond donors (Lipinski definition) is 4. The van der Waals surface area contributed by atoms with Crippen LogP contribution in [0, 0.1) is 5.92 Å². The number of rotatable bonds is 6. The molecule has 4 N–H and O–H groups in total. The van der Waals surface area contributed by atoms with E-state index in [0.29, 0.717) is 6.42 Å². The van der Waals surface area contributed by atoms with E-state index in [1.807, 2.05) is 6.92 Å². The number of hydrogen-bond acceptors (Lipinski definition) is 4. The molecule has 1 unspecified atom stereocenters. The molecule has 0 radical (unpaired) electrons. The number of carboxylic acid groups (broad SMARTS) is 1. The largest absolute Gasteiger partial charge is 0.508 e. The maximum atomic E-state index is 11.8. The molecular formula is C13H17NO5. The van der Waals surface area contributed by atoms with Crippen molar-refractivity contribution in [3.05, 3.63) is 23.8 Å².